The molecule has 1 fully saturated rings. The van der Waals surface area contributed by atoms with E-state index in [-0.39, 0.29) is 5.41 Å². The highest BCUT2D eigenvalue weighted by Gasteiger charge is 2.34. The van der Waals surface area contributed by atoms with Crippen molar-refractivity contribution in [3.8, 4) is 6.07 Å². The molecule has 1 rings (SSSR count). The van der Waals surface area contributed by atoms with Gasteiger partial charge in [0.05, 0.1) is 11.5 Å². The fraction of sp³-hybridized carbons (Fsp3) is 0.923. The summed E-state index contributed by atoms with van der Waals surface area (Å²) in [6, 6.07) is 2.34. The lowest BCUT2D eigenvalue weighted by molar-refractivity contribution is 0.123. The van der Waals surface area contributed by atoms with Crippen molar-refractivity contribution in [1.29, 1.82) is 5.26 Å². The zero-order chi connectivity index (χ0) is 11.4. The van der Waals surface area contributed by atoms with Crippen LogP contribution in [0.25, 0.3) is 0 Å². The van der Waals surface area contributed by atoms with Gasteiger partial charge in [-0.2, -0.15) is 5.26 Å². The van der Waals surface area contributed by atoms with Crippen LogP contribution in [0.5, 0.6) is 0 Å². The van der Waals surface area contributed by atoms with Crippen molar-refractivity contribution < 1.29 is 0 Å². The molecule has 0 saturated heterocycles. The smallest absolute Gasteiger partial charge is 0.0684 e. The van der Waals surface area contributed by atoms with Gasteiger partial charge in [-0.1, -0.05) is 13.3 Å². The molecule has 15 heavy (non-hydrogen) atoms. The van der Waals surface area contributed by atoms with Crippen LogP contribution in [0.1, 0.15) is 52.9 Å². The molecule has 0 amide bonds. The van der Waals surface area contributed by atoms with E-state index in [1.807, 2.05) is 13.8 Å². The average Bonchev–Trinajstić information content (AvgIpc) is 2.16. The highest BCUT2D eigenvalue weighted by molar-refractivity contribution is 4.93. The molecule has 0 aromatic rings. The number of nitrogens with zero attached hydrogens (tertiary/aromatic N) is 1. The Bertz CT molecular complexity index is 228. The molecular weight excluding hydrogens is 184 g/mol. The first-order chi connectivity index (χ1) is 7.04. The number of nitrogens with one attached hydrogen (secondary N) is 1. The number of hydrogen-bond acceptors (Lipinski definition) is 2. The fourth-order valence-electron chi connectivity index (χ4n) is 2.14. The van der Waals surface area contributed by atoms with Crippen LogP contribution in [0.15, 0.2) is 0 Å². The molecule has 0 atom stereocenters. The van der Waals surface area contributed by atoms with Crippen molar-refractivity contribution in [2.75, 3.05) is 13.1 Å². The minimum atomic E-state index is -0.175. The van der Waals surface area contributed by atoms with Gasteiger partial charge >= 0.3 is 0 Å². The van der Waals surface area contributed by atoms with Crippen LogP contribution in [0.4, 0.5) is 0 Å². The maximum absolute atomic E-state index is 8.88. The van der Waals surface area contributed by atoms with E-state index in [1.54, 1.807) is 0 Å². The van der Waals surface area contributed by atoms with E-state index in [2.05, 4.69) is 18.3 Å². The first-order valence-corrected chi connectivity index (χ1v) is 6.16. The highest BCUT2D eigenvalue weighted by Crippen LogP contribution is 2.43. The maximum Gasteiger partial charge on any atom is 0.0684 e. The number of rotatable bonds is 6. The monoisotopic (exact) mass is 208 g/mol. The van der Waals surface area contributed by atoms with Gasteiger partial charge in [0.2, 0.25) is 0 Å². The Morgan fingerprint density at radius 2 is 2.07 bits per heavy atom. The minimum Gasteiger partial charge on any atom is -0.316 e. The summed E-state index contributed by atoms with van der Waals surface area (Å²) in [5.74, 6) is 0. The van der Waals surface area contributed by atoms with Gasteiger partial charge in [0.1, 0.15) is 0 Å². The summed E-state index contributed by atoms with van der Waals surface area (Å²) in [5, 5.41) is 12.4. The van der Waals surface area contributed by atoms with Gasteiger partial charge in [-0.3, -0.25) is 0 Å². The number of nitriles is 1. The third-order valence-corrected chi connectivity index (χ3v) is 3.89. The second kappa shape index (κ2) is 4.99. The van der Waals surface area contributed by atoms with E-state index in [9.17, 15) is 0 Å². The summed E-state index contributed by atoms with van der Waals surface area (Å²) in [6.07, 6.45) is 6.42. The summed E-state index contributed by atoms with van der Waals surface area (Å²) < 4.78 is 0. The zero-order valence-corrected chi connectivity index (χ0v) is 10.4. The summed E-state index contributed by atoms with van der Waals surface area (Å²) in [7, 11) is 0. The summed E-state index contributed by atoms with van der Waals surface area (Å²) in [5.41, 5.74) is 0.419. The summed E-state index contributed by atoms with van der Waals surface area (Å²) >= 11 is 0. The molecule has 0 spiro atoms. The van der Waals surface area contributed by atoms with Crippen molar-refractivity contribution >= 4 is 0 Å². The van der Waals surface area contributed by atoms with E-state index in [0.29, 0.717) is 5.41 Å². The lowest BCUT2D eigenvalue weighted by Gasteiger charge is -2.41. The van der Waals surface area contributed by atoms with E-state index in [0.717, 1.165) is 19.5 Å². The summed E-state index contributed by atoms with van der Waals surface area (Å²) in [4.78, 5) is 0. The molecule has 0 aliphatic heterocycles. The first-order valence-electron chi connectivity index (χ1n) is 6.16. The Kier molecular flexibility index (Phi) is 4.16. The highest BCUT2D eigenvalue weighted by atomic mass is 14.9. The average molecular weight is 208 g/mol. The molecule has 0 aromatic heterocycles. The standard InChI is InChI=1S/C13H24N2/c1-4-13(6-5-7-13)11-15-9-8-12(2,3)10-14/h15H,4-9,11H2,1-3H3. The molecule has 1 saturated carbocycles. The molecule has 86 valence electrons. The molecule has 0 aromatic carbocycles. The van der Waals surface area contributed by atoms with Crippen LogP contribution < -0.4 is 5.32 Å². The lowest BCUT2D eigenvalue weighted by Crippen LogP contribution is -2.40. The Labute approximate surface area is 94.1 Å². The predicted octanol–water partition coefficient (Wildman–Crippen LogP) is 3.10. The molecule has 1 N–H and O–H groups in total. The van der Waals surface area contributed by atoms with Gasteiger partial charge < -0.3 is 5.32 Å². The minimum absolute atomic E-state index is 0.175. The molecule has 1 aliphatic rings. The van der Waals surface area contributed by atoms with Crippen LogP contribution in [-0.4, -0.2) is 13.1 Å². The topological polar surface area (TPSA) is 35.8 Å². The lowest BCUT2D eigenvalue weighted by atomic mass is 9.67. The third kappa shape index (κ3) is 3.50. The predicted molar refractivity (Wildman–Crippen MR) is 63.5 cm³/mol. The van der Waals surface area contributed by atoms with E-state index >= 15 is 0 Å². The van der Waals surface area contributed by atoms with Gasteiger partial charge in [-0.25, -0.2) is 0 Å². The second-order valence-electron chi connectivity index (χ2n) is 5.63. The SMILES string of the molecule is CCC1(CNCCC(C)(C)C#N)CCC1. The third-order valence-electron chi connectivity index (χ3n) is 3.89. The van der Waals surface area contributed by atoms with Crippen LogP contribution >= 0.6 is 0 Å². The molecule has 0 heterocycles. The molecule has 2 nitrogen and oxygen atoms in total. The zero-order valence-electron chi connectivity index (χ0n) is 10.4. The van der Waals surface area contributed by atoms with Crippen LogP contribution in [-0.2, 0) is 0 Å². The number of hydrogen-bond donors (Lipinski definition) is 1. The van der Waals surface area contributed by atoms with Crippen molar-refractivity contribution in [3.05, 3.63) is 0 Å². The van der Waals surface area contributed by atoms with Crippen molar-refractivity contribution in [1.82, 2.24) is 5.32 Å². The molecule has 0 bridgehead atoms. The fourth-order valence-corrected chi connectivity index (χ4v) is 2.14. The van der Waals surface area contributed by atoms with Gasteiger partial charge in [0.25, 0.3) is 0 Å². The van der Waals surface area contributed by atoms with Crippen molar-refractivity contribution in [3.63, 3.8) is 0 Å². The maximum atomic E-state index is 8.88. The molecule has 0 unspecified atom stereocenters. The summed E-state index contributed by atoms with van der Waals surface area (Å²) in [6.45, 7) is 8.43. The Morgan fingerprint density at radius 3 is 2.47 bits per heavy atom. The van der Waals surface area contributed by atoms with Gasteiger partial charge in [-0.15, -0.1) is 0 Å². The second-order valence-corrected chi connectivity index (χ2v) is 5.63. The molecular formula is C13H24N2. The normalized spacial score (nSPS) is 19.3. The largest absolute Gasteiger partial charge is 0.316 e. The molecule has 0 radical (unpaired) electrons. The molecule has 1 aliphatic carbocycles. The molecule has 2 heteroatoms. The first kappa shape index (κ1) is 12.5. The van der Waals surface area contributed by atoms with Crippen LogP contribution in [0.3, 0.4) is 0 Å². The van der Waals surface area contributed by atoms with E-state index in [1.165, 1.54) is 25.7 Å². The van der Waals surface area contributed by atoms with E-state index in [4.69, 9.17) is 5.26 Å². The Hall–Kier alpha value is -0.550. The Balaban J connectivity index is 2.14. The van der Waals surface area contributed by atoms with Crippen LogP contribution in [0.2, 0.25) is 0 Å². The van der Waals surface area contributed by atoms with Gasteiger partial charge in [0, 0.05) is 6.54 Å². The Morgan fingerprint density at radius 1 is 1.40 bits per heavy atom. The van der Waals surface area contributed by atoms with Gasteiger partial charge in [-0.05, 0) is 51.5 Å². The van der Waals surface area contributed by atoms with E-state index < -0.39 is 0 Å². The van der Waals surface area contributed by atoms with Gasteiger partial charge in [0.15, 0.2) is 0 Å². The van der Waals surface area contributed by atoms with Crippen LogP contribution in [0, 0.1) is 22.2 Å². The quantitative estimate of drug-likeness (QED) is 0.681. The van der Waals surface area contributed by atoms with Crippen molar-refractivity contribution in [2.45, 2.75) is 52.9 Å². The van der Waals surface area contributed by atoms with Crippen molar-refractivity contribution in [2.24, 2.45) is 10.8 Å².